The first-order valence-electron chi connectivity index (χ1n) is 8.92. The topological polar surface area (TPSA) is 47.0 Å². The van der Waals surface area contributed by atoms with E-state index in [4.69, 9.17) is 11.6 Å². The van der Waals surface area contributed by atoms with Gasteiger partial charge < -0.3 is 0 Å². The molecule has 0 radical (unpaired) electrons. The van der Waals surface area contributed by atoms with Gasteiger partial charge in [-0.25, -0.2) is 4.98 Å². The van der Waals surface area contributed by atoms with E-state index in [9.17, 15) is 9.00 Å². The van der Waals surface area contributed by atoms with Crippen molar-refractivity contribution in [3.63, 3.8) is 0 Å². The molecule has 0 unspecified atom stereocenters. The van der Waals surface area contributed by atoms with Crippen LogP contribution in [0.5, 0.6) is 0 Å². The van der Waals surface area contributed by atoms with Gasteiger partial charge in [0.1, 0.15) is 5.01 Å². The Labute approximate surface area is 177 Å². The minimum Gasteiger partial charge on any atom is -0.294 e. The lowest BCUT2D eigenvalue weighted by atomic mass is 9.92. The second-order valence-corrected chi connectivity index (χ2v) is 9.62. The summed E-state index contributed by atoms with van der Waals surface area (Å²) in [6.45, 7) is 7.48. The molecule has 0 aliphatic rings. The Morgan fingerprint density at radius 3 is 2.54 bits per heavy atom. The van der Waals surface area contributed by atoms with Gasteiger partial charge in [0.25, 0.3) is 0 Å². The second kappa shape index (κ2) is 8.68. The summed E-state index contributed by atoms with van der Waals surface area (Å²) >= 11 is 7.75. The van der Waals surface area contributed by atoms with E-state index in [0.29, 0.717) is 16.5 Å². The maximum absolute atomic E-state index is 12.8. The van der Waals surface area contributed by atoms with E-state index >= 15 is 0 Å². The average Bonchev–Trinajstić information content (AvgIpc) is 3.06. The summed E-state index contributed by atoms with van der Waals surface area (Å²) in [6, 6.07) is 9.59. The standard InChI is InChI=1S/C22H22ClNO2S2/c1-13-9-14(2)21(16(4)25)15(3)19(13)12-28(26)11-17-10-27-22(24-17)18-7-5-6-8-20(18)23/h5-10H,11-12H2,1-4H3/t28-/m0/s1. The molecule has 28 heavy (non-hydrogen) atoms. The number of rotatable bonds is 6. The van der Waals surface area contributed by atoms with E-state index in [-0.39, 0.29) is 5.78 Å². The Hall–Kier alpha value is -1.82. The molecule has 6 heteroatoms. The van der Waals surface area contributed by atoms with Gasteiger partial charge in [-0.1, -0.05) is 35.9 Å². The van der Waals surface area contributed by atoms with E-state index in [0.717, 1.165) is 44.1 Å². The lowest BCUT2D eigenvalue weighted by Crippen LogP contribution is -2.09. The quantitative estimate of drug-likeness (QED) is 0.447. The van der Waals surface area contributed by atoms with Crippen molar-refractivity contribution < 1.29 is 9.00 Å². The van der Waals surface area contributed by atoms with Crippen LogP contribution in [0.15, 0.2) is 35.7 Å². The molecule has 3 aromatic rings. The molecule has 0 fully saturated rings. The van der Waals surface area contributed by atoms with Crippen LogP contribution in [0.4, 0.5) is 0 Å². The van der Waals surface area contributed by atoms with Gasteiger partial charge in [-0.05, 0) is 56.0 Å². The zero-order valence-electron chi connectivity index (χ0n) is 16.3. The highest BCUT2D eigenvalue weighted by molar-refractivity contribution is 7.83. The number of benzene rings is 2. The molecule has 3 nitrogen and oxygen atoms in total. The highest BCUT2D eigenvalue weighted by Crippen LogP contribution is 2.31. The molecule has 0 aliphatic carbocycles. The molecular formula is C22H22ClNO2S2. The van der Waals surface area contributed by atoms with Crippen molar-refractivity contribution in [3.05, 3.63) is 74.2 Å². The molecule has 1 heterocycles. The fourth-order valence-electron chi connectivity index (χ4n) is 3.50. The van der Waals surface area contributed by atoms with Crippen LogP contribution in [-0.2, 0) is 22.3 Å². The van der Waals surface area contributed by atoms with Gasteiger partial charge >= 0.3 is 0 Å². The van der Waals surface area contributed by atoms with Crippen molar-refractivity contribution in [2.24, 2.45) is 0 Å². The number of aromatic nitrogens is 1. The number of thiazole rings is 1. The largest absolute Gasteiger partial charge is 0.294 e. The van der Waals surface area contributed by atoms with Crippen molar-refractivity contribution in [1.29, 1.82) is 0 Å². The van der Waals surface area contributed by atoms with Crippen molar-refractivity contribution in [1.82, 2.24) is 4.98 Å². The monoisotopic (exact) mass is 431 g/mol. The van der Waals surface area contributed by atoms with E-state index in [2.05, 4.69) is 4.98 Å². The molecule has 1 atom stereocenters. The van der Waals surface area contributed by atoms with Crippen LogP contribution in [0.3, 0.4) is 0 Å². The molecule has 2 aromatic carbocycles. The average molecular weight is 432 g/mol. The van der Waals surface area contributed by atoms with Crippen LogP contribution >= 0.6 is 22.9 Å². The van der Waals surface area contributed by atoms with Crippen LogP contribution in [0.25, 0.3) is 10.6 Å². The van der Waals surface area contributed by atoms with Crippen LogP contribution in [-0.4, -0.2) is 15.0 Å². The van der Waals surface area contributed by atoms with Crippen molar-refractivity contribution in [2.45, 2.75) is 39.2 Å². The molecule has 3 rings (SSSR count). The van der Waals surface area contributed by atoms with Crippen LogP contribution < -0.4 is 0 Å². The summed E-state index contributed by atoms with van der Waals surface area (Å²) in [5.41, 5.74) is 6.41. The molecule has 0 aliphatic heterocycles. The number of Topliss-reactive ketones (excluding diaryl/α,β-unsaturated/α-hetero) is 1. The molecule has 0 bridgehead atoms. The lowest BCUT2D eigenvalue weighted by molar-refractivity contribution is 0.101. The number of halogens is 1. The fourth-order valence-corrected chi connectivity index (χ4v) is 6.09. The molecular weight excluding hydrogens is 410 g/mol. The van der Waals surface area contributed by atoms with Crippen LogP contribution in [0.2, 0.25) is 5.02 Å². The lowest BCUT2D eigenvalue weighted by Gasteiger charge is -2.15. The summed E-state index contributed by atoms with van der Waals surface area (Å²) in [5, 5.41) is 3.43. The minimum atomic E-state index is -1.12. The zero-order chi connectivity index (χ0) is 20.4. The van der Waals surface area contributed by atoms with E-state index in [1.54, 1.807) is 6.92 Å². The third-order valence-corrected chi connectivity index (χ3v) is 7.24. The normalized spacial score (nSPS) is 12.2. The van der Waals surface area contributed by atoms with Gasteiger partial charge in [0.15, 0.2) is 5.78 Å². The number of carbonyl (C=O) groups is 1. The number of hydrogen-bond donors (Lipinski definition) is 0. The summed E-state index contributed by atoms with van der Waals surface area (Å²) < 4.78 is 12.8. The third-order valence-electron chi connectivity index (χ3n) is 4.75. The molecule has 1 aromatic heterocycles. The van der Waals surface area contributed by atoms with Crippen molar-refractivity contribution in [3.8, 4) is 10.6 Å². The van der Waals surface area contributed by atoms with Gasteiger partial charge in [-0.2, -0.15) is 0 Å². The maximum atomic E-state index is 12.8. The molecule has 0 amide bonds. The van der Waals surface area contributed by atoms with Gasteiger partial charge in [-0.15, -0.1) is 11.3 Å². The van der Waals surface area contributed by atoms with Gasteiger partial charge in [0.2, 0.25) is 0 Å². The highest BCUT2D eigenvalue weighted by atomic mass is 35.5. The molecule has 146 valence electrons. The summed E-state index contributed by atoms with van der Waals surface area (Å²) in [4.78, 5) is 16.6. The first kappa shape index (κ1) is 20.9. The number of nitrogens with zero attached hydrogens (tertiary/aromatic N) is 1. The second-order valence-electron chi connectivity index (χ2n) is 6.90. The van der Waals surface area contributed by atoms with Gasteiger partial charge in [0.05, 0.1) is 16.5 Å². The summed E-state index contributed by atoms with van der Waals surface area (Å²) in [5.74, 6) is 0.839. The van der Waals surface area contributed by atoms with Gasteiger partial charge in [0, 0.05) is 33.1 Å². The van der Waals surface area contributed by atoms with E-state index in [1.807, 2.05) is 56.5 Å². The molecule has 0 saturated carbocycles. The SMILES string of the molecule is CC(=O)c1c(C)cc(C)c(C[S@@](=O)Cc2csc(-c3ccccc3Cl)n2)c1C. The third kappa shape index (κ3) is 4.43. The molecule has 0 spiro atoms. The predicted octanol–water partition coefficient (Wildman–Crippen LogP) is 6.04. The molecule has 0 N–H and O–H groups in total. The maximum Gasteiger partial charge on any atom is 0.160 e. The van der Waals surface area contributed by atoms with E-state index in [1.165, 1.54) is 11.3 Å². The Balaban J connectivity index is 1.80. The van der Waals surface area contributed by atoms with E-state index < -0.39 is 10.8 Å². The molecule has 0 saturated heterocycles. The Kier molecular flexibility index (Phi) is 6.48. The van der Waals surface area contributed by atoms with Crippen molar-refractivity contribution in [2.75, 3.05) is 0 Å². The zero-order valence-corrected chi connectivity index (χ0v) is 18.7. The first-order chi connectivity index (χ1) is 13.3. The van der Waals surface area contributed by atoms with Crippen LogP contribution in [0.1, 0.15) is 45.2 Å². The first-order valence-corrected chi connectivity index (χ1v) is 11.7. The predicted molar refractivity (Wildman–Crippen MR) is 119 cm³/mol. The number of hydrogen-bond acceptors (Lipinski definition) is 4. The minimum absolute atomic E-state index is 0.0471. The van der Waals surface area contributed by atoms with Crippen molar-refractivity contribution >= 4 is 39.5 Å². The Morgan fingerprint density at radius 1 is 1.14 bits per heavy atom. The summed E-state index contributed by atoms with van der Waals surface area (Å²) in [7, 11) is -1.12. The number of ketones is 1. The Bertz CT molecular complexity index is 1070. The summed E-state index contributed by atoms with van der Waals surface area (Å²) in [6.07, 6.45) is 0. The fraction of sp³-hybridized carbons (Fsp3) is 0.273. The van der Waals surface area contributed by atoms with Crippen LogP contribution in [0, 0.1) is 20.8 Å². The number of aryl methyl sites for hydroxylation is 2. The Morgan fingerprint density at radius 2 is 1.86 bits per heavy atom. The number of carbonyl (C=O) groups excluding carboxylic acids is 1. The van der Waals surface area contributed by atoms with Gasteiger partial charge in [-0.3, -0.25) is 9.00 Å². The highest BCUT2D eigenvalue weighted by Gasteiger charge is 2.17. The smallest absolute Gasteiger partial charge is 0.160 e.